The van der Waals surface area contributed by atoms with Gasteiger partial charge in [-0.1, -0.05) is 5.16 Å². The molecule has 0 saturated heterocycles. The van der Waals surface area contributed by atoms with E-state index < -0.39 is 5.92 Å². The molecule has 2 rings (SSSR count). The second-order valence-electron chi connectivity index (χ2n) is 3.37. The summed E-state index contributed by atoms with van der Waals surface area (Å²) in [5.74, 6) is 0.0698. The number of carbonyl (C=O) groups is 1. The first-order valence-corrected chi connectivity index (χ1v) is 5.22. The van der Waals surface area contributed by atoms with Gasteiger partial charge in [0.2, 0.25) is 11.7 Å². The lowest BCUT2D eigenvalue weighted by molar-refractivity contribution is -0.145. The highest BCUT2D eigenvalue weighted by atomic mass is 16.5. The van der Waals surface area contributed by atoms with Crippen molar-refractivity contribution in [3.8, 4) is 11.6 Å². The number of nitrogens with one attached hydrogen (secondary N) is 1. The van der Waals surface area contributed by atoms with Crippen LogP contribution in [0.2, 0.25) is 0 Å². The lowest BCUT2D eigenvalue weighted by Crippen LogP contribution is -2.13. The third kappa shape index (κ3) is 2.32. The highest BCUT2D eigenvalue weighted by Gasteiger charge is 2.23. The van der Waals surface area contributed by atoms with Crippen molar-refractivity contribution in [2.75, 3.05) is 6.61 Å². The second kappa shape index (κ2) is 4.77. The molecule has 1 N–H and O–H groups in total. The van der Waals surface area contributed by atoms with Crippen LogP contribution in [0.1, 0.15) is 25.7 Å². The summed E-state index contributed by atoms with van der Waals surface area (Å²) in [6.07, 6.45) is 3.24. The minimum absolute atomic E-state index is 0.217. The number of H-pyrrole nitrogens is 1. The van der Waals surface area contributed by atoms with E-state index in [4.69, 9.17) is 9.26 Å². The molecule has 0 amide bonds. The molecule has 0 aliphatic heterocycles. The van der Waals surface area contributed by atoms with Gasteiger partial charge >= 0.3 is 5.97 Å². The predicted octanol–water partition coefficient (Wildman–Crippen LogP) is 1.13. The minimum Gasteiger partial charge on any atom is -0.465 e. The van der Waals surface area contributed by atoms with E-state index in [9.17, 15) is 4.79 Å². The molecule has 1 unspecified atom stereocenters. The molecule has 0 aromatic carbocycles. The van der Waals surface area contributed by atoms with E-state index in [0.717, 1.165) is 0 Å². The summed E-state index contributed by atoms with van der Waals surface area (Å²) in [4.78, 5) is 22.4. The van der Waals surface area contributed by atoms with Gasteiger partial charge in [0, 0.05) is 12.4 Å². The van der Waals surface area contributed by atoms with Crippen LogP contribution in [0.15, 0.2) is 16.9 Å². The van der Waals surface area contributed by atoms with Crippen LogP contribution < -0.4 is 0 Å². The number of carbonyl (C=O) groups excluding carboxylic acids is 1. The van der Waals surface area contributed by atoms with Crippen molar-refractivity contribution < 1.29 is 14.1 Å². The molecule has 0 fully saturated rings. The topological polar surface area (TPSA) is 93.9 Å². The van der Waals surface area contributed by atoms with Crippen molar-refractivity contribution in [1.82, 2.24) is 20.1 Å². The number of hydrogen-bond acceptors (Lipinski definition) is 6. The van der Waals surface area contributed by atoms with Crippen LogP contribution in [-0.2, 0) is 9.53 Å². The molecule has 0 spiro atoms. The van der Waals surface area contributed by atoms with Gasteiger partial charge in [-0.15, -0.1) is 0 Å². The number of rotatable bonds is 4. The van der Waals surface area contributed by atoms with Gasteiger partial charge in [0.1, 0.15) is 5.92 Å². The number of imidazole rings is 1. The molecule has 1 atom stereocenters. The molecular formula is C10H12N4O3. The third-order valence-electron chi connectivity index (χ3n) is 2.16. The Morgan fingerprint density at radius 1 is 1.65 bits per heavy atom. The normalized spacial score (nSPS) is 12.4. The maximum Gasteiger partial charge on any atom is 0.318 e. The largest absolute Gasteiger partial charge is 0.465 e. The Balaban J connectivity index is 2.16. The summed E-state index contributed by atoms with van der Waals surface area (Å²) in [7, 11) is 0. The van der Waals surface area contributed by atoms with E-state index in [1.54, 1.807) is 26.2 Å². The molecule has 17 heavy (non-hydrogen) atoms. The fourth-order valence-electron chi connectivity index (χ4n) is 1.26. The standard InChI is InChI=1S/C10H12N4O3/c1-3-16-10(15)6(2)9-13-8(14-17-9)7-11-4-5-12-7/h4-6H,3H2,1-2H3,(H,11,12). The first-order valence-electron chi connectivity index (χ1n) is 5.22. The molecule has 2 aromatic rings. The average molecular weight is 236 g/mol. The SMILES string of the molecule is CCOC(=O)C(C)c1nc(-c2ncc[nH]2)no1. The molecule has 7 heteroatoms. The van der Waals surface area contributed by atoms with Crippen LogP contribution in [0.25, 0.3) is 11.6 Å². The Morgan fingerprint density at radius 3 is 3.12 bits per heavy atom. The van der Waals surface area contributed by atoms with Crippen molar-refractivity contribution in [2.24, 2.45) is 0 Å². The molecule has 2 aromatic heterocycles. The Morgan fingerprint density at radius 2 is 2.47 bits per heavy atom. The number of nitrogens with zero attached hydrogens (tertiary/aromatic N) is 3. The summed E-state index contributed by atoms with van der Waals surface area (Å²) in [6.45, 7) is 3.71. The lowest BCUT2D eigenvalue weighted by atomic mass is 10.2. The number of aromatic nitrogens is 4. The Kier molecular flexibility index (Phi) is 3.17. The quantitative estimate of drug-likeness (QED) is 0.799. The highest BCUT2D eigenvalue weighted by molar-refractivity contribution is 5.76. The number of ether oxygens (including phenoxy) is 1. The number of esters is 1. The monoisotopic (exact) mass is 236 g/mol. The molecule has 0 radical (unpaired) electrons. The van der Waals surface area contributed by atoms with Crippen molar-refractivity contribution in [3.05, 3.63) is 18.3 Å². The van der Waals surface area contributed by atoms with Gasteiger partial charge in [0.05, 0.1) is 6.61 Å². The second-order valence-corrected chi connectivity index (χ2v) is 3.37. The van der Waals surface area contributed by atoms with Crippen molar-refractivity contribution in [1.29, 1.82) is 0 Å². The van der Waals surface area contributed by atoms with Gasteiger partial charge in [-0.05, 0) is 13.8 Å². The van der Waals surface area contributed by atoms with Crippen LogP contribution in [0.5, 0.6) is 0 Å². The van der Waals surface area contributed by atoms with E-state index in [0.29, 0.717) is 18.3 Å². The van der Waals surface area contributed by atoms with Crippen LogP contribution in [0.3, 0.4) is 0 Å². The van der Waals surface area contributed by atoms with E-state index in [2.05, 4.69) is 20.1 Å². The zero-order valence-electron chi connectivity index (χ0n) is 9.51. The summed E-state index contributed by atoms with van der Waals surface area (Å²) in [6, 6.07) is 0. The molecule has 0 aliphatic carbocycles. The Hall–Kier alpha value is -2.18. The predicted molar refractivity (Wildman–Crippen MR) is 56.9 cm³/mol. The molecule has 0 bridgehead atoms. The van der Waals surface area contributed by atoms with E-state index >= 15 is 0 Å². The van der Waals surface area contributed by atoms with Gasteiger partial charge in [0.15, 0.2) is 5.82 Å². The van der Waals surface area contributed by atoms with E-state index in [-0.39, 0.29) is 11.9 Å². The Labute approximate surface area is 97.2 Å². The first-order chi connectivity index (χ1) is 8.22. The van der Waals surface area contributed by atoms with Crippen LogP contribution in [0, 0.1) is 0 Å². The van der Waals surface area contributed by atoms with Gasteiger partial charge in [0.25, 0.3) is 0 Å². The number of hydrogen-bond donors (Lipinski definition) is 1. The highest BCUT2D eigenvalue weighted by Crippen LogP contribution is 2.18. The van der Waals surface area contributed by atoms with Crippen LogP contribution in [-0.4, -0.2) is 32.7 Å². The Bertz CT molecular complexity index is 491. The maximum atomic E-state index is 11.5. The first kappa shape index (κ1) is 11.3. The van der Waals surface area contributed by atoms with Crippen molar-refractivity contribution in [2.45, 2.75) is 19.8 Å². The summed E-state index contributed by atoms with van der Waals surface area (Å²) in [5.41, 5.74) is 0. The molecule has 7 nitrogen and oxygen atoms in total. The smallest absolute Gasteiger partial charge is 0.318 e. The molecule has 2 heterocycles. The van der Waals surface area contributed by atoms with E-state index in [1.807, 2.05) is 0 Å². The summed E-state index contributed by atoms with van der Waals surface area (Å²) < 4.78 is 9.86. The summed E-state index contributed by atoms with van der Waals surface area (Å²) >= 11 is 0. The fraction of sp³-hybridized carbons (Fsp3) is 0.400. The number of aromatic amines is 1. The zero-order valence-corrected chi connectivity index (χ0v) is 9.51. The van der Waals surface area contributed by atoms with E-state index in [1.165, 1.54) is 0 Å². The van der Waals surface area contributed by atoms with Gasteiger partial charge in [-0.2, -0.15) is 4.98 Å². The van der Waals surface area contributed by atoms with Gasteiger partial charge in [-0.25, -0.2) is 4.98 Å². The van der Waals surface area contributed by atoms with Crippen LogP contribution >= 0.6 is 0 Å². The average Bonchev–Trinajstić information content (AvgIpc) is 2.98. The minimum atomic E-state index is -0.578. The van der Waals surface area contributed by atoms with Crippen molar-refractivity contribution >= 4 is 5.97 Å². The van der Waals surface area contributed by atoms with Crippen molar-refractivity contribution in [3.63, 3.8) is 0 Å². The molecule has 0 saturated carbocycles. The van der Waals surface area contributed by atoms with Crippen LogP contribution in [0.4, 0.5) is 0 Å². The van der Waals surface area contributed by atoms with Gasteiger partial charge < -0.3 is 14.2 Å². The van der Waals surface area contributed by atoms with Gasteiger partial charge in [-0.3, -0.25) is 4.79 Å². The fourth-order valence-corrected chi connectivity index (χ4v) is 1.26. The molecule has 0 aliphatic rings. The third-order valence-corrected chi connectivity index (χ3v) is 2.16. The zero-order chi connectivity index (χ0) is 12.3. The maximum absolute atomic E-state index is 11.5. The molecule has 90 valence electrons. The molecular weight excluding hydrogens is 224 g/mol. The lowest BCUT2D eigenvalue weighted by Gasteiger charge is -2.04. The summed E-state index contributed by atoms with van der Waals surface area (Å²) in [5, 5.41) is 3.73.